The molecule has 0 aliphatic carbocycles. The van der Waals surface area contributed by atoms with E-state index in [1.807, 2.05) is 6.07 Å². The van der Waals surface area contributed by atoms with Crippen molar-refractivity contribution >= 4 is 33.6 Å². The Kier molecular flexibility index (Phi) is 5.77. The number of carbonyl (C=O) groups is 1. The topological polar surface area (TPSA) is 89.3 Å². The van der Waals surface area contributed by atoms with Gasteiger partial charge in [-0.15, -0.1) is 0 Å². The molecule has 1 atom stereocenters. The first-order valence-corrected chi connectivity index (χ1v) is 9.05. The van der Waals surface area contributed by atoms with E-state index in [9.17, 15) is 13.2 Å². The Bertz CT molecular complexity index is 862. The Hall–Kier alpha value is -2.15. The van der Waals surface area contributed by atoms with Crippen LogP contribution in [0.4, 0.5) is 0 Å². The van der Waals surface area contributed by atoms with Crippen LogP contribution in [0.15, 0.2) is 59.5 Å². The van der Waals surface area contributed by atoms with Gasteiger partial charge in [0.15, 0.2) is 0 Å². The minimum Gasteiger partial charge on any atom is -0.346 e. The lowest BCUT2D eigenvalue weighted by atomic mass is 10.1. The molecule has 0 aliphatic heterocycles. The van der Waals surface area contributed by atoms with E-state index >= 15 is 0 Å². The Labute approximate surface area is 146 Å². The van der Waals surface area contributed by atoms with E-state index in [4.69, 9.17) is 16.7 Å². The van der Waals surface area contributed by atoms with Gasteiger partial charge >= 0.3 is 0 Å². The Morgan fingerprint density at radius 2 is 1.88 bits per heavy atom. The van der Waals surface area contributed by atoms with E-state index in [-0.39, 0.29) is 16.8 Å². The number of hydrogen-bond donors (Lipinski definition) is 2. The molecular weight excluding hydrogens is 348 g/mol. The van der Waals surface area contributed by atoms with E-state index in [1.54, 1.807) is 43.3 Å². The first-order valence-electron chi connectivity index (χ1n) is 7.12. The molecule has 2 rings (SSSR count). The van der Waals surface area contributed by atoms with Gasteiger partial charge < -0.3 is 5.32 Å². The molecule has 3 N–H and O–H groups in total. The van der Waals surface area contributed by atoms with Gasteiger partial charge in [0, 0.05) is 11.1 Å². The van der Waals surface area contributed by atoms with Crippen LogP contribution >= 0.6 is 11.6 Å². The van der Waals surface area contributed by atoms with Crippen LogP contribution in [0.5, 0.6) is 0 Å². The summed E-state index contributed by atoms with van der Waals surface area (Å²) in [5.74, 6) is -0.266. The third-order valence-electron chi connectivity index (χ3n) is 3.34. The van der Waals surface area contributed by atoms with Crippen LogP contribution in [0, 0.1) is 0 Å². The first-order chi connectivity index (χ1) is 11.3. The average Bonchev–Trinajstić information content (AvgIpc) is 2.52. The molecule has 0 fully saturated rings. The third-order valence-corrected chi connectivity index (χ3v) is 4.51. The minimum atomic E-state index is -3.72. The van der Waals surface area contributed by atoms with Crippen LogP contribution in [0.25, 0.3) is 6.08 Å². The van der Waals surface area contributed by atoms with Gasteiger partial charge in [0.2, 0.25) is 15.9 Å². The number of nitrogens with two attached hydrogens (primary N) is 1. The third kappa shape index (κ3) is 5.19. The molecule has 0 aromatic heterocycles. The van der Waals surface area contributed by atoms with Crippen molar-refractivity contribution in [3.63, 3.8) is 0 Å². The van der Waals surface area contributed by atoms with E-state index in [2.05, 4.69) is 5.32 Å². The zero-order chi connectivity index (χ0) is 17.7. The average molecular weight is 365 g/mol. The molecule has 0 bridgehead atoms. The van der Waals surface area contributed by atoms with Crippen molar-refractivity contribution < 1.29 is 13.2 Å². The van der Waals surface area contributed by atoms with Gasteiger partial charge in [-0.3, -0.25) is 4.79 Å². The van der Waals surface area contributed by atoms with Crippen molar-refractivity contribution in [1.82, 2.24) is 5.32 Å². The number of carbonyl (C=O) groups excluding carboxylic acids is 1. The van der Waals surface area contributed by atoms with Gasteiger partial charge in [0.25, 0.3) is 0 Å². The Morgan fingerprint density at radius 1 is 1.21 bits per heavy atom. The van der Waals surface area contributed by atoms with E-state index in [0.717, 1.165) is 11.1 Å². The molecule has 0 heterocycles. The highest BCUT2D eigenvalue weighted by molar-refractivity contribution is 7.89. The molecule has 5 nitrogen and oxygen atoms in total. The van der Waals surface area contributed by atoms with Crippen LogP contribution in [-0.4, -0.2) is 14.3 Å². The maximum absolute atomic E-state index is 12.0. The van der Waals surface area contributed by atoms with E-state index in [0.29, 0.717) is 5.02 Å². The van der Waals surface area contributed by atoms with Gasteiger partial charge in [-0.25, -0.2) is 13.6 Å². The van der Waals surface area contributed by atoms with Gasteiger partial charge in [-0.2, -0.15) is 0 Å². The van der Waals surface area contributed by atoms with Crippen molar-refractivity contribution in [2.24, 2.45) is 5.14 Å². The number of sulfonamides is 1. The minimum absolute atomic E-state index is 0.0330. The summed E-state index contributed by atoms with van der Waals surface area (Å²) in [6.07, 6.45) is 3.08. The summed E-state index contributed by atoms with van der Waals surface area (Å²) in [4.78, 5) is 12.0. The molecule has 0 aliphatic rings. The summed E-state index contributed by atoms with van der Waals surface area (Å²) < 4.78 is 22.5. The maximum atomic E-state index is 12.0. The lowest BCUT2D eigenvalue weighted by Crippen LogP contribution is -2.24. The highest BCUT2D eigenvalue weighted by Gasteiger charge is 2.11. The van der Waals surface area contributed by atoms with Gasteiger partial charge in [-0.1, -0.05) is 35.9 Å². The molecule has 1 unspecified atom stereocenters. The van der Waals surface area contributed by atoms with Gasteiger partial charge in [0.05, 0.1) is 10.9 Å². The summed E-state index contributed by atoms with van der Waals surface area (Å²) in [5.41, 5.74) is 1.59. The van der Waals surface area contributed by atoms with Crippen molar-refractivity contribution in [1.29, 1.82) is 0 Å². The highest BCUT2D eigenvalue weighted by atomic mass is 35.5. The predicted molar refractivity (Wildman–Crippen MR) is 94.9 cm³/mol. The van der Waals surface area contributed by atoms with Gasteiger partial charge in [0.1, 0.15) is 0 Å². The highest BCUT2D eigenvalue weighted by Crippen LogP contribution is 2.16. The van der Waals surface area contributed by atoms with Crippen LogP contribution < -0.4 is 10.5 Å². The van der Waals surface area contributed by atoms with Crippen LogP contribution in [0.2, 0.25) is 5.02 Å². The molecule has 0 radical (unpaired) electrons. The fourth-order valence-corrected chi connectivity index (χ4v) is 2.79. The molecular formula is C17H17ClN2O3S. The second kappa shape index (κ2) is 7.61. The normalized spacial score (nSPS) is 13.0. The number of benzene rings is 2. The second-order valence-electron chi connectivity index (χ2n) is 5.23. The number of halogens is 1. The summed E-state index contributed by atoms with van der Waals surface area (Å²) in [6, 6.07) is 12.9. The summed E-state index contributed by atoms with van der Waals surface area (Å²) >= 11 is 5.88. The fourth-order valence-electron chi connectivity index (χ4n) is 2.07. The lowest BCUT2D eigenvalue weighted by Gasteiger charge is -2.13. The maximum Gasteiger partial charge on any atom is 0.244 e. The molecule has 1 amide bonds. The molecule has 24 heavy (non-hydrogen) atoms. The fraction of sp³-hybridized carbons (Fsp3) is 0.118. The van der Waals surface area contributed by atoms with Crippen LogP contribution in [0.3, 0.4) is 0 Å². The molecule has 2 aromatic rings. The van der Waals surface area contributed by atoms with Crippen LogP contribution in [0.1, 0.15) is 24.1 Å². The molecule has 0 saturated heterocycles. The Morgan fingerprint density at radius 3 is 2.46 bits per heavy atom. The number of hydrogen-bond acceptors (Lipinski definition) is 3. The first kappa shape index (κ1) is 18.2. The smallest absolute Gasteiger partial charge is 0.244 e. The standard InChI is InChI=1S/C17H17ClN2O3S/c1-12(14-6-8-16(9-7-14)24(19,22)23)20-17(21)10-5-13-3-2-4-15(18)11-13/h2-12H,1H3,(H,20,21)(H2,19,22,23)/b10-5+. The zero-order valence-electron chi connectivity index (χ0n) is 12.9. The largest absolute Gasteiger partial charge is 0.346 e. The molecule has 2 aromatic carbocycles. The predicted octanol–water partition coefficient (Wildman–Crippen LogP) is 2.88. The van der Waals surface area contributed by atoms with Crippen molar-refractivity contribution in [2.75, 3.05) is 0 Å². The molecule has 126 valence electrons. The zero-order valence-corrected chi connectivity index (χ0v) is 14.5. The number of nitrogens with one attached hydrogen (secondary N) is 1. The van der Waals surface area contributed by atoms with Crippen molar-refractivity contribution in [3.05, 3.63) is 70.8 Å². The molecule has 7 heteroatoms. The monoisotopic (exact) mass is 364 g/mol. The van der Waals surface area contributed by atoms with Crippen molar-refractivity contribution in [3.8, 4) is 0 Å². The summed E-state index contributed by atoms with van der Waals surface area (Å²) in [6.45, 7) is 1.80. The van der Waals surface area contributed by atoms with Crippen molar-refractivity contribution in [2.45, 2.75) is 17.9 Å². The molecule has 0 saturated carbocycles. The number of amides is 1. The van der Waals surface area contributed by atoms with E-state index < -0.39 is 10.0 Å². The second-order valence-corrected chi connectivity index (χ2v) is 7.23. The summed E-state index contributed by atoms with van der Waals surface area (Å²) in [7, 11) is -3.72. The van der Waals surface area contributed by atoms with Gasteiger partial charge in [-0.05, 0) is 48.4 Å². The number of rotatable bonds is 5. The summed E-state index contributed by atoms with van der Waals surface area (Å²) in [5, 5.41) is 8.45. The molecule has 0 spiro atoms. The van der Waals surface area contributed by atoms with Crippen LogP contribution in [-0.2, 0) is 14.8 Å². The quantitative estimate of drug-likeness (QED) is 0.799. The van der Waals surface area contributed by atoms with E-state index in [1.165, 1.54) is 18.2 Å². The Balaban J connectivity index is 2.01. The SMILES string of the molecule is CC(NC(=O)/C=C/c1cccc(Cl)c1)c1ccc(S(N)(=O)=O)cc1. The number of primary sulfonamides is 1. The lowest BCUT2D eigenvalue weighted by molar-refractivity contribution is -0.117.